The van der Waals surface area contributed by atoms with Crippen LogP contribution >= 0.6 is 0 Å². The van der Waals surface area contributed by atoms with Crippen molar-refractivity contribution in [3.8, 4) is 0 Å². The molecule has 0 aliphatic carbocycles. The van der Waals surface area contributed by atoms with Crippen molar-refractivity contribution >= 4 is 17.1 Å². The molecule has 158 valence electrons. The van der Waals surface area contributed by atoms with Crippen molar-refractivity contribution in [2.75, 3.05) is 7.05 Å². The molecule has 1 N–H and O–H groups in total. The summed E-state index contributed by atoms with van der Waals surface area (Å²) in [5.41, 5.74) is 4.52. The second-order valence-corrected chi connectivity index (χ2v) is 7.20. The van der Waals surface area contributed by atoms with Gasteiger partial charge in [0.1, 0.15) is 11.6 Å². The molecule has 0 bridgehead atoms. The summed E-state index contributed by atoms with van der Waals surface area (Å²) >= 11 is 0. The molecule has 0 unspecified atom stereocenters. The summed E-state index contributed by atoms with van der Waals surface area (Å²) in [7, 11) is 1.79. The van der Waals surface area contributed by atoms with Crippen molar-refractivity contribution in [1.29, 1.82) is 0 Å². The fraction of sp³-hybridized carbons (Fsp3) is 0.440. The molecule has 0 aliphatic rings. The van der Waals surface area contributed by atoms with Crippen molar-refractivity contribution in [2.45, 2.75) is 60.3 Å². The smallest absolute Gasteiger partial charge is 0.123 e. The minimum Gasteiger partial charge on any atom is -0.374 e. The first-order valence-electron chi connectivity index (χ1n) is 10.5. The molecule has 0 atom stereocenters. The van der Waals surface area contributed by atoms with Gasteiger partial charge in [-0.05, 0) is 69.9 Å². The molecule has 1 rings (SSSR count). The predicted octanol–water partition coefficient (Wildman–Crippen LogP) is 6.94. The Balaban J connectivity index is 3.63. The molecular weight excluding hydrogens is 361 g/mol. The van der Waals surface area contributed by atoms with Gasteiger partial charge in [0.2, 0.25) is 0 Å². The van der Waals surface area contributed by atoms with Crippen LogP contribution in [0.15, 0.2) is 64.4 Å². The van der Waals surface area contributed by atoms with E-state index in [0.717, 1.165) is 53.9 Å². The summed E-state index contributed by atoms with van der Waals surface area (Å²) < 4.78 is 13.5. The maximum absolute atomic E-state index is 13.5. The highest BCUT2D eigenvalue weighted by atomic mass is 19.1. The van der Waals surface area contributed by atoms with Gasteiger partial charge in [0.05, 0.1) is 11.4 Å². The molecule has 0 radical (unpaired) electrons. The normalized spacial score (nSPS) is 13.8. The number of allylic oxidation sites excluding steroid dienone is 3. The average molecular weight is 398 g/mol. The predicted molar refractivity (Wildman–Crippen MR) is 126 cm³/mol. The third kappa shape index (κ3) is 7.80. The molecule has 0 aromatic heterocycles. The Labute approximate surface area is 176 Å². The van der Waals surface area contributed by atoms with E-state index in [-0.39, 0.29) is 5.82 Å². The molecule has 0 saturated heterocycles. The van der Waals surface area contributed by atoms with Crippen LogP contribution in [-0.4, -0.2) is 18.5 Å². The molecule has 29 heavy (non-hydrogen) atoms. The van der Waals surface area contributed by atoms with Gasteiger partial charge < -0.3 is 5.32 Å². The van der Waals surface area contributed by atoms with Crippen molar-refractivity contribution in [1.82, 2.24) is 5.32 Å². The molecule has 0 fully saturated rings. The largest absolute Gasteiger partial charge is 0.374 e. The van der Waals surface area contributed by atoms with Gasteiger partial charge in [0.15, 0.2) is 0 Å². The van der Waals surface area contributed by atoms with Gasteiger partial charge in [-0.15, -0.1) is 0 Å². The molecule has 0 aliphatic heterocycles. The van der Waals surface area contributed by atoms with Crippen LogP contribution in [0.25, 0.3) is 5.70 Å². The van der Waals surface area contributed by atoms with Gasteiger partial charge in [-0.1, -0.05) is 39.3 Å². The second kappa shape index (κ2) is 12.9. The second-order valence-electron chi connectivity index (χ2n) is 7.20. The highest BCUT2D eigenvalue weighted by Crippen LogP contribution is 2.26. The van der Waals surface area contributed by atoms with E-state index in [1.165, 1.54) is 12.1 Å². The third-order valence-electron chi connectivity index (χ3n) is 4.88. The van der Waals surface area contributed by atoms with Gasteiger partial charge in [0, 0.05) is 23.9 Å². The molecule has 1 aromatic carbocycles. The van der Waals surface area contributed by atoms with E-state index in [2.05, 4.69) is 37.7 Å². The summed E-state index contributed by atoms with van der Waals surface area (Å²) in [5.74, 6) is 0.765. The third-order valence-corrected chi connectivity index (χ3v) is 4.88. The fourth-order valence-corrected chi connectivity index (χ4v) is 3.23. The summed E-state index contributed by atoms with van der Waals surface area (Å²) in [6.45, 7) is 14.4. The lowest BCUT2D eigenvalue weighted by Gasteiger charge is -2.17. The van der Waals surface area contributed by atoms with Crippen LogP contribution in [0.4, 0.5) is 4.39 Å². The summed E-state index contributed by atoms with van der Waals surface area (Å²) in [6.07, 6.45) is 8.37. The van der Waals surface area contributed by atoms with Gasteiger partial charge >= 0.3 is 0 Å². The summed E-state index contributed by atoms with van der Waals surface area (Å²) in [5, 5.41) is 2.96. The van der Waals surface area contributed by atoms with E-state index in [4.69, 9.17) is 4.99 Å². The van der Waals surface area contributed by atoms with Crippen LogP contribution < -0.4 is 5.32 Å². The topological polar surface area (TPSA) is 36.8 Å². The number of hydrogen-bond acceptors (Lipinski definition) is 3. The van der Waals surface area contributed by atoms with Gasteiger partial charge in [-0.2, -0.15) is 0 Å². The highest BCUT2D eigenvalue weighted by molar-refractivity contribution is 6.13. The first-order chi connectivity index (χ1) is 13.9. The fourth-order valence-electron chi connectivity index (χ4n) is 3.23. The maximum atomic E-state index is 13.5. The molecule has 0 heterocycles. The van der Waals surface area contributed by atoms with Crippen molar-refractivity contribution in [2.24, 2.45) is 15.9 Å². The van der Waals surface area contributed by atoms with Crippen LogP contribution in [0, 0.1) is 11.7 Å². The Morgan fingerprint density at radius 2 is 1.69 bits per heavy atom. The average Bonchev–Trinajstić information content (AvgIpc) is 2.71. The van der Waals surface area contributed by atoms with Gasteiger partial charge in [0.25, 0.3) is 0 Å². The Kier molecular flexibility index (Phi) is 10.9. The number of aliphatic imine (C=N–C) groups is 2. The molecule has 4 heteroatoms. The zero-order valence-corrected chi connectivity index (χ0v) is 18.8. The van der Waals surface area contributed by atoms with Crippen LogP contribution in [0.2, 0.25) is 0 Å². The number of rotatable bonds is 11. The Morgan fingerprint density at radius 1 is 1.10 bits per heavy atom. The Hall–Kier alpha value is -2.49. The summed E-state index contributed by atoms with van der Waals surface area (Å²) in [4.78, 5) is 9.66. The first-order valence-corrected chi connectivity index (χ1v) is 10.5. The molecule has 3 nitrogen and oxygen atoms in total. The van der Waals surface area contributed by atoms with Crippen molar-refractivity contribution in [3.05, 3.63) is 65.8 Å². The first kappa shape index (κ1) is 24.5. The van der Waals surface area contributed by atoms with Crippen LogP contribution in [0.5, 0.6) is 0 Å². The van der Waals surface area contributed by atoms with E-state index in [1.807, 2.05) is 26.0 Å². The number of nitrogens with zero attached hydrogens (tertiary/aromatic N) is 2. The van der Waals surface area contributed by atoms with Crippen molar-refractivity contribution in [3.63, 3.8) is 0 Å². The van der Waals surface area contributed by atoms with Crippen molar-refractivity contribution < 1.29 is 4.39 Å². The van der Waals surface area contributed by atoms with Crippen LogP contribution in [0.1, 0.15) is 65.9 Å². The van der Waals surface area contributed by atoms with E-state index < -0.39 is 0 Å². The van der Waals surface area contributed by atoms with E-state index in [1.54, 1.807) is 19.2 Å². The standard InChI is InChI=1S/C25H36FN3/c1-8-11-21(12-9-2)19(5)28-25(22-14-16-23(26)17-15-22)18(4)24(13-10-3)29-20(6)27-7/h10,13-17,21,27H,6,8-9,11-12H2,1-5,7H3/b13-10-,25-18+,28-19?,29-24+. The van der Waals surface area contributed by atoms with Crippen LogP contribution in [0.3, 0.4) is 0 Å². The van der Waals surface area contributed by atoms with Crippen LogP contribution in [-0.2, 0) is 0 Å². The Morgan fingerprint density at radius 3 is 2.17 bits per heavy atom. The number of nitrogens with one attached hydrogen (secondary N) is 1. The number of benzene rings is 1. The SMILES string of the molecule is C=C(/N=C(\C=C/C)C(/C)=C(/N=C(C)C(CCC)CCC)c1ccc(F)cc1)NC. The number of halogens is 1. The lowest BCUT2D eigenvalue weighted by atomic mass is 9.93. The zero-order chi connectivity index (χ0) is 21.8. The monoisotopic (exact) mass is 397 g/mol. The van der Waals surface area contributed by atoms with E-state index in [9.17, 15) is 4.39 Å². The quantitative estimate of drug-likeness (QED) is 0.403. The molecule has 0 saturated carbocycles. The zero-order valence-electron chi connectivity index (χ0n) is 18.8. The minimum absolute atomic E-state index is 0.257. The number of hydrogen-bond donors (Lipinski definition) is 1. The lowest BCUT2D eigenvalue weighted by molar-refractivity contribution is 0.557. The van der Waals surface area contributed by atoms with E-state index in [0.29, 0.717) is 11.7 Å². The maximum Gasteiger partial charge on any atom is 0.123 e. The molecular formula is C25H36FN3. The van der Waals surface area contributed by atoms with Gasteiger partial charge in [-0.3, -0.25) is 4.99 Å². The molecule has 0 spiro atoms. The minimum atomic E-state index is -0.257. The Bertz CT molecular complexity index is 777. The highest BCUT2D eigenvalue weighted by Gasteiger charge is 2.15. The molecule has 1 aromatic rings. The lowest BCUT2D eigenvalue weighted by Crippen LogP contribution is -2.12. The summed E-state index contributed by atoms with van der Waals surface area (Å²) in [6, 6.07) is 6.50. The van der Waals surface area contributed by atoms with Gasteiger partial charge in [-0.25, -0.2) is 9.38 Å². The molecule has 0 amide bonds. The van der Waals surface area contributed by atoms with E-state index >= 15 is 0 Å².